The van der Waals surface area contributed by atoms with Gasteiger partial charge in [0.1, 0.15) is 0 Å². The van der Waals surface area contributed by atoms with Gasteiger partial charge in [-0.1, -0.05) is 6.07 Å². The molecule has 4 heteroatoms. The zero-order valence-electron chi connectivity index (χ0n) is 8.51. The molecule has 0 heterocycles. The number of halogens is 2. The van der Waals surface area contributed by atoms with Crippen molar-refractivity contribution in [2.45, 2.75) is 13.0 Å². The van der Waals surface area contributed by atoms with Gasteiger partial charge in [0.05, 0.1) is 5.69 Å². The fourth-order valence-electron chi connectivity index (χ4n) is 1.38. The summed E-state index contributed by atoms with van der Waals surface area (Å²) in [5.41, 5.74) is 6.48. The Balaban J connectivity index is 3.38. The van der Waals surface area contributed by atoms with Crippen LogP contribution >= 0.6 is 0 Å². The number of nitrogens with two attached hydrogens (primary N) is 1. The summed E-state index contributed by atoms with van der Waals surface area (Å²) < 4.78 is 26.3. The molecule has 0 aliphatic carbocycles. The third-order valence-electron chi connectivity index (χ3n) is 2.04. The third-order valence-corrected chi connectivity index (χ3v) is 2.04. The highest BCUT2D eigenvalue weighted by Gasteiger charge is 2.16. The maximum atomic E-state index is 13.4. The smallest absolute Gasteiger partial charge is 0.182 e. The molecule has 0 spiro atoms. The van der Waals surface area contributed by atoms with Crippen molar-refractivity contribution < 1.29 is 8.78 Å². The van der Waals surface area contributed by atoms with Crippen LogP contribution in [-0.4, -0.2) is 14.1 Å². The average Bonchev–Trinajstić information content (AvgIpc) is 2.08. The number of benzene rings is 1. The first-order valence-electron chi connectivity index (χ1n) is 4.36. The predicted octanol–water partition coefficient (Wildman–Crippen LogP) is 2.05. The van der Waals surface area contributed by atoms with Crippen molar-refractivity contribution in [1.29, 1.82) is 0 Å². The Morgan fingerprint density at radius 1 is 1.29 bits per heavy atom. The molecular weight excluding hydrogens is 186 g/mol. The van der Waals surface area contributed by atoms with Gasteiger partial charge in [-0.25, -0.2) is 8.78 Å². The van der Waals surface area contributed by atoms with Gasteiger partial charge in [-0.15, -0.1) is 0 Å². The fraction of sp³-hybridized carbons (Fsp3) is 0.400. The van der Waals surface area contributed by atoms with Crippen LogP contribution in [0.1, 0.15) is 18.5 Å². The molecule has 0 aliphatic rings. The van der Waals surface area contributed by atoms with Crippen LogP contribution in [-0.2, 0) is 0 Å². The maximum absolute atomic E-state index is 13.4. The van der Waals surface area contributed by atoms with E-state index < -0.39 is 11.6 Å². The number of hydrogen-bond donors (Lipinski definition) is 1. The van der Waals surface area contributed by atoms with Crippen molar-refractivity contribution >= 4 is 5.69 Å². The van der Waals surface area contributed by atoms with Crippen LogP contribution in [0, 0.1) is 11.6 Å². The van der Waals surface area contributed by atoms with E-state index in [1.807, 2.05) is 0 Å². The van der Waals surface area contributed by atoms with E-state index in [-0.39, 0.29) is 11.7 Å². The minimum absolute atomic E-state index is 0.222. The first-order chi connectivity index (χ1) is 6.45. The molecule has 0 aromatic heterocycles. The lowest BCUT2D eigenvalue weighted by Crippen LogP contribution is -2.18. The van der Waals surface area contributed by atoms with Gasteiger partial charge >= 0.3 is 0 Å². The van der Waals surface area contributed by atoms with E-state index in [0.717, 1.165) is 6.07 Å². The molecule has 0 unspecified atom stereocenters. The number of nitrogens with zero attached hydrogens (tertiary/aromatic N) is 1. The molecule has 2 N–H and O–H groups in total. The van der Waals surface area contributed by atoms with Gasteiger partial charge in [0, 0.05) is 20.1 Å². The lowest BCUT2D eigenvalue weighted by molar-refractivity contribution is 0.506. The highest BCUT2D eigenvalue weighted by molar-refractivity contribution is 5.55. The second-order valence-corrected chi connectivity index (χ2v) is 3.48. The summed E-state index contributed by atoms with van der Waals surface area (Å²) in [7, 11) is 3.31. The summed E-state index contributed by atoms with van der Waals surface area (Å²) in [6, 6.07) is 2.29. The minimum atomic E-state index is -0.849. The normalized spacial score (nSPS) is 12.7. The van der Waals surface area contributed by atoms with Gasteiger partial charge in [0.15, 0.2) is 11.6 Å². The maximum Gasteiger partial charge on any atom is 0.182 e. The van der Waals surface area contributed by atoms with E-state index in [9.17, 15) is 8.78 Å². The minimum Gasteiger partial charge on any atom is -0.375 e. The predicted molar refractivity (Wildman–Crippen MR) is 53.3 cm³/mol. The Bertz CT molecular complexity index is 335. The van der Waals surface area contributed by atoms with E-state index in [0.29, 0.717) is 5.56 Å². The van der Waals surface area contributed by atoms with Gasteiger partial charge in [-0.2, -0.15) is 0 Å². The summed E-state index contributed by atoms with van der Waals surface area (Å²) in [6.45, 7) is 1.74. The standard InChI is InChI=1S/C10H14F2N2/c1-6(13)7-4-5-8(11)9(12)10(7)14(2)3/h4-6H,13H2,1-3H3/t6-/m1/s1. The third kappa shape index (κ3) is 1.85. The lowest BCUT2D eigenvalue weighted by atomic mass is 10.1. The fourth-order valence-corrected chi connectivity index (χ4v) is 1.38. The van der Waals surface area contributed by atoms with Crippen LogP contribution < -0.4 is 10.6 Å². The van der Waals surface area contributed by atoms with E-state index in [1.54, 1.807) is 21.0 Å². The summed E-state index contributed by atoms with van der Waals surface area (Å²) in [5, 5.41) is 0. The highest BCUT2D eigenvalue weighted by atomic mass is 19.2. The van der Waals surface area contributed by atoms with Gasteiger partial charge in [-0.3, -0.25) is 0 Å². The Morgan fingerprint density at radius 3 is 2.29 bits per heavy atom. The largest absolute Gasteiger partial charge is 0.375 e. The van der Waals surface area contributed by atoms with Crippen molar-refractivity contribution in [2.24, 2.45) is 5.73 Å². The number of hydrogen-bond acceptors (Lipinski definition) is 2. The molecule has 0 radical (unpaired) electrons. The molecule has 1 aromatic carbocycles. The number of rotatable bonds is 2. The molecule has 0 saturated carbocycles. The highest BCUT2D eigenvalue weighted by Crippen LogP contribution is 2.28. The van der Waals surface area contributed by atoms with Crippen molar-refractivity contribution in [3.8, 4) is 0 Å². The quantitative estimate of drug-likeness (QED) is 0.791. The zero-order valence-corrected chi connectivity index (χ0v) is 8.51. The van der Waals surface area contributed by atoms with Crippen molar-refractivity contribution in [1.82, 2.24) is 0 Å². The molecule has 1 aromatic rings. The van der Waals surface area contributed by atoms with E-state index >= 15 is 0 Å². The molecule has 1 rings (SSSR count). The van der Waals surface area contributed by atoms with E-state index in [2.05, 4.69) is 0 Å². The molecule has 0 fully saturated rings. The van der Waals surface area contributed by atoms with Gasteiger partial charge in [0.2, 0.25) is 0 Å². The SMILES string of the molecule is C[C@@H](N)c1ccc(F)c(F)c1N(C)C. The van der Waals surface area contributed by atoms with Gasteiger partial charge in [0.25, 0.3) is 0 Å². The Labute approximate surface area is 82.3 Å². The van der Waals surface area contributed by atoms with Crippen molar-refractivity contribution in [3.05, 3.63) is 29.3 Å². The summed E-state index contributed by atoms with van der Waals surface area (Å²) >= 11 is 0. The molecule has 2 nitrogen and oxygen atoms in total. The van der Waals surface area contributed by atoms with E-state index in [1.165, 1.54) is 11.0 Å². The van der Waals surface area contributed by atoms with E-state index in [4.69, 9.17) is 5.73 Å². The van der Waals surface area contributed by atoms with Crippen LogP contribution in [0.15, 0.2) is 12.1 Å². The zero-order chi connectivity index (χ0) is 10.9. The Morgan fingerprint density at radius 2 is 1.86 bits per heavy atom. The Kier molecular flexibility index (Phi) is 3.06. The molecule has 1 atom stereocenters. The van der Waals surface area contributed by atoms with Crippen molar-refractivity contribution in [3.63, 3.8) is 0 Å². The topological polar surface area (TPSA) is 29.3 Å². The first kappa shape index (κ1) is 10.9. The monoisotopic (exact) mass is 200 g/mol. The van der Waals surface area contributed by atoms with Gasteiger partial charge < -0.3 is 10.6 Å². The van der Waals surface area contributed by atoms with Crippen molar-refractivity contribution in [2.75, 3.05) is 19.0 Å². The van der Waals surface area contributed by atoms with Crippen LogP contribution in [0.25, 0.3) is 0 Å². The molecule has 0 amide bonds. The summed E-state index contributed by atoms with van der Waals surface area (Å²) in [6.07, 6.45) is 0. The molecule has 0 saturated heterocycles. The Hall–Kier alpha value is -1.16. The van der Waals surface area contributed by atoms with Crippen LogP contribution in [0.3, 0.4) is 0 Å². The first-order valence-corrected chi connectivity index (χ1v) is 4.36. The lowest BCUT2D eigenvalue weighted by Gasteiger charge is -2.20. The molecule has 0 aliphatic heterocycles. The van der Waals surface area contributed by atoms with Crippen LogP contribution in [0.5, 0.6) is 0 Å². The molecule has 14 heavy (non-hydrogen) atoms. The second kappa shape index (κ2) is 3.92. The van der Waals surface area contributed by atoms with Crippen LogP contribution in [0.2, 0.25) is 0 Å². The summed E-state index contributed by atoms with van der Waals surface area (Å²) in [4.78, 5) is 1.52. The molecular formula is C10H14F2N2. The van der Waals surface area contributed by atoms with Crippen LogP contribution in [0.4, 0.5) is 14.5 Å². The molecule has 78 valence electrons. The average molecular weight is 200 g/mol. The van der Waals surface area contributed by atoms with Gasteiger partial charge in [-0.05, 0) is 18.6 Å². The second-order valence-electron chi connectivity index (χ2n) is 3.48. The number of anilines is 1. The summed E-state index contributed by atoms with van der Waals surface area (Å²) in [5.74, 6) is -1.69. The molecule has 0 bridgehead atoms.